The number of guanidine groups is 1. The summed E-state index contributed by atoms with van der Waals surface area (Å²) < 4.78 is 23.7. The molecule has 72 valence electrons. The molecule has 0 aromatic carbocycles. The molecule has 1 unspecified atom stereocenters. The van der Waals surface area contributed by atoms with E-state index in [4.69, 9.17) is 0 Å². The minimum atomic E-state index is -2.28. The molecule has 5 heteroatoms. The van der Waals surface area contributed by atoms with Gasteiger partial charge in [0.2, 0.25) is 6.43 Å². The zero-order valence-electron chi connectivity index (χ0n) is 7.56. The largest absolute Gasteiger partial charge is 0.359 e. The van der Waals surface area contributed by atoms with Gasteiger partial charge in [0.05, 0.1) is 0 Å². The third-order valence-electron chi connectivity index (χ3n) is 1.38. The zero-order chi connectivity index (χ0) is 9.56. The minimum Gasteiger partial charge on any atom is -0.359 e. The lowest BCUT2D eigenvalue weighted by atomic mass is 10.2. The summed E-state index contributed by atoms with van der Waals surface area (Å²) in [6.45, 7) is 1.69. The highest BCUT2D eigenvalue weighted by atomic mass is 19.3. The van der Waals surface area contributed by atoms with E-state index in [9.17, 15) is 8.78 Å². The molecule has 2 N–H and O–H groups in total. The zero-order valence-corrected chi connectivity index (χ0v) is 7.56. The first kappa shape index (κ1) is 11.1. The van der Waals surface area contributed by atoms with Gasteiger partial charge in [-0.05, 0) is 6.92 Å². The molecule has 3 nitrogen and oxygen atoms in total. The fourth-order valence-corrected chi connectivity index (χ4v) is 0.808. The molecule has 0 fully saturated rings. The highest BCUT2D eigenvalue weighted by Crippen LogP contribution is 2.02. The summed E-state index contributed by atoms with van der Waals surface area (Å²) >= 11 is 0. The third kappa shape index (κ3) is 4.87. The van der Waals surface area contributed by atoms with Crippen molar-refractivity contribution in [2.45, 2.75) is 25.8 Å². The van der Waals surface area contributed by atoms with E-state index in [2.05, 4.69) is 15.6 Å². The van der Waals surface area contributed by atoms with E-state index in [0.29, 0.717) is 5.96 Å². The lowest BCUT2D eigenvalue weighted by Crippen LogP contribution is -2.41. The summed E-state index contributed by atoms with van der Waals surface area (Å²) in [5, 5.41) is 5.56. The number of nitrogens with zero attached hydrogens (tertiary/aromatic N) is 1. The Morgan fingerprint density at radius 1 is 1.50 bits per heavy atom. The molecule has 0 aliphatic heterocycles. The Bertz CT molecular complexity index is 148. The molecule has 0 heterocycles. The summed E-state index contributed by atoms with van der Waals surface area (Å²) in [6, 6.07) is -0.267. The lowest BCUT2D eigenvalue weighted by Gasteiger charge is -2.15. The average molecular weight is 179 g/mol. The molecule has 0 radical (unpaired) electrons. The molecule has 0 aromatic heterocycles. The predicted octanol–water partition coefficient (Wildman–Crippen LogP) is 0.825. The maximum absolute atomic E-state index is 11.8. The summed E-state index contributed by atoms with van der Waals surface area (Å²) in [5.41, 5.74) is 0. The van der Waals surface area contributed by atoms with E-state index in [-0.39, 0.29) is 12.5 Å². The van der Waals surface area contributed by atoms with Gasteiger partial charge in [-0.2, -0.15) is 0 Å². The molecular formula is C7H15F2N3. The van der Waals surface area contributed by atoms with Crippen molar-refractivity contribution in [2.24, 2.45) is 4.99 Å². The van der Waals surface area contributed by atoms with Gasteiger partial charge in [-0.25, -0.2) is 8.78 Å². The summed E-state index contributed by atoms with van der Waals surface area (Å²) in [6.07, 6.45) is -2.44. The Labute approximate surface area is 71.3 Å². The Morgan fingerprint density at radius 3 is 2.42 bits per heavy atom. The highest BCUT2D eigenvalue weighted by Gasteiger charge is 2.10. The van der Waals surface area contributed by atoms with Crippen LogP contribution < -0.4 is 10.6 Å². The van der Waals surface area contributed by atoms with Crippen LogP contribution >= 0.6 is 0 Å². The van der Waals surface area contributed by atoms with Gasteiger partial charge >= 0.3 is 0 Å². The molecule has 12 heavy (non-hydrogen) atoms. The first-order valence-corrected chi connectivity index (χ1v) is 3.79. The monoisotopic (exact) mass is 179 g/mol. The van der Waals surface area contributed by atoms with Crippen molar-refractivity contribution in [2.75, 3.05) is 14.1 Å². The van der Waals surface area contributed by atoms with E-state index >= 15 is 0 Å². The van der Waals surface area contributed by atoms with Crippen LogP contribution in [0.2, 0.25) is 0 Å². The average Bonchev–Trinajstić information content (AvgIpc) is 1.98. The number of aliphatic imine (C=N–C) groups is 1. The van der Waals surface area contributed by atoms with E-state index in [0.717, 1.165) is 0 Å². The first-order valence-electron chi connectivity index (χ1n) is 3.79. The summed E-state index contributed by atoms with van der Waals surface area (Å²) in [4.78, 5) is 3.80. The normalized spacial score (nSPS) is 14.7. The van der Waals surface area contributed by atoms with Gasteiger partial charge in [0, 0.05) is 26.6 Å². The second-order valence-corrected chi connectivity index (χ2v) is 2.49. The van der Waals surface area contributed by atoms with Gasteiger partial charge in [-0.3, -0.25) is 4.99 Å². The molecule has 0 rings (SSSR count). The van der Waals surface area contributed by atoms with Gasteiger partial charge < -0.3 is 10.6 Å². The molecular weight excluding hydrogens is 164 g/mol. The molecule has 0 bridgehead atoms. The van der Waals surface area contributed by atoms with Crippen molar-refractivity contribution >= 4 is 5.96 Å². The Balaban J connectivity index is 3.74. The van der Waals surface area contributed by atoms with E-state index in [1.54, 1.807) is 21.0 Å². The van der Waals surface area contributed by atoms with Crippen LogP contribution in [-0.2, 0) is 0 Å². The quantitative estimate of drug-likeness (QED) is 0.497. The van der Waals surface area contributed by atoms with E-state index in [1.807, 2.05) is 0 Å². The molecule has 0 aliphatic carbocycles. The summed E-state index contributed by atoms with van der Waals surface area (Å²) in [7, 11) is 3.28. The van der Waals surface area contributed by atoms with E-state index in [1.165, 1.54) is 0 Å². The van der Waals surface area contributed by atoms with Crippen LogP contribution in [0.25, 0.3) is 0 Å². The minimum absolute atomic E-state index is 0.166. The maximum Gasteiger partial charge on any atom is 0.240 e. The molecule has 0 aromatic rings. The predicted molar refractivity (Wildman–Crippen MR) is 45.6 cm³/mol. The maximum atomic E-state index is 11.8. The number of alkyl halides is 2. The van der Waals surface area contributed by atoms with Crippen molar-refractivity contribution in [1.82, 2.24) is 10.6 Å². The van der Waals surface area contributed by atoms with Gasteiger partial charge in [-0.15, -0.1) is 0 Å². The topological polar surface area (TPSA) is 36.4 Å². The molecule has 0 spiro atoms. The van der Waals surface area contributed by atoms with Gasteiger partial charge in [-0.1, -0.05) is 0 Å². The lowest BCUT2D eigenvalue weighted by molar-refractivity contribution is 0.128. The number of halogens is 2. The van der Waals surface area contributed by atoms with Crippen LogP contribution in [0.5, 0.6) is 0 Å². The number of hydrogen-bond donors (Lipinski definition) is 2. The molecule has 0 amide bonds. The molecule has 1 atom stereocenters. The Morgan fingerprint density at radius 2 is 2.08 bits per heavy atom. The summed E-state index contributed by atoms with van der Waals surface area (Å²) in [5.74, 6) is 0.531. The van der Waals surface area contributed by atoms with Crippen molar-refractivity contribution in [1.29, 1.82) is 0 Å². The molecule has 0 saturated carbocycles. The number of rotatable bonds is 3. The Hall–Kier alpha value is -0.870. The standard InChI is InChI=1S/C7H15F2N3/c1-5(4-6(8)9)12-7(10-2)11-3/h5-6H,4H2,1-3H3,(H2,10,11,12). The smallest absolute Gasteiger partial charge is 0.240 e. The third-order valence-corrected chi connectivity index (χ3v) is 1.38. The molecule has 0 aliphatic rings. The first-order chi connectivity index (χ1) is 5.60. The molecule has 0 saturated heterocycles. The number of nitrogens with one attached hydrogen (secondary N) is 2. The fourth-order valence-electron chi connectivity index (χ4n) is 0.808. The van der Waals surface area contributed by atoms with Crippen LogP contribution in [-0.4, -0.2) is 32.5 Å². The van der Waals surface area contributed by atoms with Crippen molar-refractivity contribution < 1.29 is 8.78 Å². The SMILES string of the molecule is CN=C(NC)NC(C)CC(F)F. The number of hydrogen-bond acceptors (Lipinski definition) is 1. The van der Waals surface area contributed by atoms with Crippen molar-refractivity contribution in [3.63, 3.8) is 0 Å². The van der Waals surface area contributed by atoms with Gasteiger partial charge in [0.15, 0.2) is 5.96 Å². The van der Waals surface area contributed by atoms with Crippen molar-refractivity contribution in [3.05, 3.63) is 0 Å². The highest BCUT2D eigenvalue weighted by molar-refractivity contribution is 5.79. The van der Waals surface area contributed by atoms with Crippen molar-refractivity contribution in [3.8, 4) is 0 Å². The second-order valence-electron chi connectivity index (χ2n) is 2.49. The van der Waals surface area contributed by atoms with Crippen LogP contribution in [0, 0.1) is 0 Å². The van der Waals surface area contributed by atoms with Gasteiger partial charge in [0.1, 0.15) is 0 Å². The van der Waals surface area contributed by atoms with Crippen LogP contribution in [0.4, 0.5) is 8.78 Å². The van der Waals surface area contributed by atoms with Crippen LogP contribution in [0.3, 0.4) is 0 Å². The van der Waals surface area contributed by atoms with Crippen LogP contribution in [0.15, 0.2) is 4.99 Å². The Kier molecular flexibility index (Phi) is 5.32. The fraction of sp³-hybridized carbons (Fsp3) is 0.857. The van der Waals surface area contributed by atoms with Gasteiger partial charge in [0.25, 0.3) is 0 Å². The van der Waals surface area contributed by atoms with Crippen LogP contribution in [0.1, 0.15) is 13.3 Å². The second kappa shape index (κ2) is 5.74. The van der Waals surface area contributed by atoms with E-state index < -0.39 is 6.43 Å².